The first kappa shape index (κ1) is 18.7. The highest BCUT2D eigenvalue weighted by Crippen LogP contribution is 2.18. The van der Waals surface area contributed by atoms with Crippen LogP contribution in [0, 0.1) is 0 Å². The van der Waals surface area contributed by atoms with Gasteiger partial charge in [0.25, 0.3) is 0 Å². The van der Waals surface area contributed by atoms with Crippen LogP contribution in [0.15, 0.2) is 18.2 Å². The summed E-state index contributed by atoms with van der Waals surface area (Å²) in [7, 11) is 0. The monoisotopic (exact) mass is 321 g/mol. The summed E-state index contributed by atoms with van der Waals surface area (Å²) in [6.07, 6.45) is 2.06. The lowest BCUT2D eigenvalue weighted by molar-refractivity contribution is -0.116. The minimum Gasteiger partial charge on any atom is -0.462 e. The Kier molecular flexibility index (Phi) is 7.80. The summed E-state index contributed by atoms with van der Waals surface area (Å²) >= 11 is 0. The molecule has 0 heterocycles. The molecule has 0 atom stereocenters. The molecule has 0 unspecified atom stereocenters. The maximum atomic E-state index is 11.9. The summed E-state index contributed by atoms with van der Waals surface area (Å²) in [6.45, 7) is 5.83. The molecule has 0 aliphatic rings. The molecule has 6 nitrogen and oxygen atoms in total. The normalized spacial score (nSPS) is 10.0. The highest BCUT2D eigenvalue weighted by Gasteiger charge is 2.15. The van der Waals surface area contributed by atoms with Crippen molar-refractivity contribution in [2.24, 2.45) is 0 Å². The van der Waals surface area contributed by atoms with Crippen LogP contribution in [0.2, 0.25) is 0 Å². The molecule has 0 aliphatic carbocycles. The molecule has 1 aromatic rings. The molecule has 0 fully saturated rings. The zero-order valence-corrected chi connectivity index (χ0v) is 13.8. The zero-order valence-electron chi connectivity index (χ0n) is 13.8. The van der Waals surface area contributed by atoms with Crippen LogP contribution in [0.3, 0.4) is 0 Å². The largest absolute Gasteiger partial charge is 0.462 e. The Labute approximate surface area is 136 Å². The van der Waals surface area contributed by atoms with Crippen molar-refractivity contribution in [3.8, 4) is 0 Å². The van der Waals surface area contributed by atoms with Gasteiger partial charge in [0.2, 0.25) is 5.91 Å². The summed E-state index contributed by atoms with van der Waals surface area (Å²) in [5, 5.41) is 2.70. The number of amides is 1. The number of esters is 2. The summed E-state index contributed by atoms with van der Waals surface area (Å²) < 4.78 is 9.89. The Hall–Kier alpha value is -2.37. The number of anilines is 1. The van der Waals surface area contributed by atoms with E-state index < -0.39 is 11.9 Å². The number of unbranched alkanes of at least 4 members (excludes halogenated alkanes) is 1. The Bertz CT molecular complexity index is 532. The van der Waals surface area contributed by atoms with Crippen LogP contribution in [-0.2, 0) is 14.3 Å². The Balaban J connectivity index is 3.05. The van der Waals surface area contributed by atoms with Gasteiger partial charge in [-0.1, -0.05) is 13.3 Å². The van der Waals surface area contributed by atoms with Crippen molar-refractivity contribution in [1.29, 1.82) is 0 Å². The average molecular weight is 321 g/mol. The summed E-state index contributed by atoms with van der Waals surface area (Å²) in [6, 6.07) is 4.38. The molecule has 0 spiro atoms. The highest BCUT2D eigenvalue weighted by molar-refractivity contribution is 5.99. The molecule has 1 rings (SSSR count). The fourth-order valence-electron chi connectivity index (χ4n) is 1.93. The number of carbonyl (C=O) groups excluding carboxylic acids is 3. The van der Waals surface area contributed by atoms with E-state index in [2.05, 4.69) is 5.32 Å². The fourth-order valence-corrected chi connectivity index (χ4v) is 1.93. The van der Waals surface area contributed by atoms with Crippen LogP contribution in [0.4, 0.5) is 5.69 Å². The van der Waals surface area contributed by atoms with Crippen molar-refractivity contribution in [2.75, 3.05) is 18.5 Å². The molecule has 0 radical (unpaired) electrons. The van der Waals surface area contributed by atoms with Gasteiger partial charge in [-0.15, -0.1) is 0 Å². The number of benzene rings is 1. The van der Waals surface area contributed by atoms with Crippen LogP contribution in [0.25, 0.3) is 0 Å². The lowest BCUT2D eigenvalue weighted by Gasteiger charge is -2.10. The maximum Gasteiger partial charge on any atom is 0.338 e. The van der Waals surface area contributed by atoms with Gasteiger partial charge in [-0.05, 0) is 38.5 Å². The van der Waals surface area contributed by atoms with Crippen molar-refractivity contribution in [3.63, 3.8) is 0 Å². The molecule has 1 N–H and O–H groups in total. The Morgan fingerprint density at radius 1 is 0.913 bits per heavy atom. The van der Waals surface area contributed by atoms with Crippen LogP contribution in [-0.4, -0.2) is 31.1 Å². The second-order valence-corrected chi connectivity index (χ2v) is 4.89. The standard InChI is InChI=1S/C17H23NO5/c1-4-7-8-15(19)18-14-10-12(16(20)22-5-2)9-13(11-14)17(21)23-6-3/h9-11H,4-8H2,1-3H3,(H,18,19). The molecule has 0 aromatic heterocycles. The van der Waals surface area contributed by atoms with Gasteiger partial charge in [-0.2, -0.15) is 0 Å². The van der Waals surface area contributed by atoms with E-state index in [-0.39, 0.29) is 30.2 Å². The van der Waals surface area contributed by atoms with E-state index in [0.717, 1.165) is 12.8 Å². The molecular formula is C17H23NO5. The number of nitrogens with one attached hydrogen (secondary N) is 1. The van der Waals surface area contributed by atoms with Gasteiger partial charge >= 0.3 is 11.9 Å². The predicted molar refractivity (Wildman–Crippen MR) is 86.5 cm³/mol. The van der Waals surface area contributed by atoms with Crippen molar-refractivity contribution >= 4 is 23.5 Å². The van der Waals surface area contributed by atoms with Crippen LogP contribution < -0.4 is 5.32 Å². The van der Waals surface area contributed by atoms with Gasteiger partial charge in [0, 0.05) is 12.1 Å². The lowest BCUT2D eigenvalue weighted by Crippen LogP contribution is -2.14. The van der Waals surface area contributed by atoms with E-state index in [1.165, 1.54) is 18.2 Å². The van der Waals surface area contributed by atoms with Gasteiger partial charge in [0.05, 0.1) is 24.3 Å². The molecule has 1 aromatic carbocycles. The molecule has 1 amide bonds. The lowest BCUT2D eigenvalue weighted by atomic mass is 10.1. The second-order valence-electron chi connectivity index (χ2n) is 4.89. The summed E-state index contributed by atoms with van der Waals surface area (Å²) in [5.74, 6) is -1.27. The number of carbonyl (C=O) groups is 3. The minimum absolute atomic E-state index is 0.164. The van der Waals surface area contributed by atoms with Crippen molar-refractivity contribution < 1.29 is 23.9 Å². The van der Waals surface area contributed by atoms with E-state index in [0.29, 0.717) is 12.1 Å². The molecule has 0 saturated carbocycles. The first-order valence-corrected chi connectivity index (χ1v) is 7.80. The van der Waals surface area contributed by atoms with E-state index in [1.54, 1.807) is 13.8 Å². The van der Waals surface area contributed by atoms with Crippen molar-refractivity contribution in [2.45, 2.75) is 40.0 Å². The number of hydrogen-bond donors (Lipinski definition) is 1. The van der Waals surface area contributed by atoms with Crippen LogP contribution in [0.1, 0.15) is 60.7 Å². The van der Waals surface area contributed by atoms with Gasteiger partial charge in [0.15, 0.2) is 0 Å². The smallest absolute Gasteiger partial charge is 0.338 e. The van der Waals surface area contributed by atoms with E-state index >= 15 is 0 Å². The molecule has 126 valence electrons. The number of hydrogen-bond acceptors (Lipinski definition) is 5. The SMILES string of the molecule is CCCCC(=O)Nc1cc(C(=O)OCC)cc(C(=O)OCC)c1. The Morgan fingerprint density at radius 2 is 1.43 bits per heavy atom. The molecule has 0 aliphatic heterocycles. The fraction of sp³-hybridized carbons (Fsp3) is 0.471. The topological polar surface area (TPSA) is 81.7 Å². The average Bonchev–Trinajstić information content (AvgIpc) is 2.53. The van der Waals surface area contributed by atoms with Gasteiger partial charge in [-0.3, -0.25) is 4.79 Å². The van der Waals surface area contributed by atoms with Crippen molar-refractivity contribution in [1.82, 2.24) is 0 Å². The Morgan fingerprint density at radius 3 is 1.87 bits per heavy atom. The van der Waals surface area contributed by atoms with Crippen molar-refractivity contribution in [3.05, 3.63) is 29.3 Å². The van der Waals surface area contributed by atoms with Gasteiger partial charge in [-0.25, -0.2) is 9.59 Å². The van der Waals surface area contributed by atoms with Gasteiger partial charge in [0.1, 0.15) is 0 Å². The molecular weight excluding hydrogens is 298 g/mol. The third-order valence-electron chi connectivity index (χ3n) is 3.00. The van der Waals surface area contributed by atoms with E-state index in [4.69, 9.17) is 9.47 Å². The summed E-state index contributed by atoms with van der Waals surface area (Å²) in [5.41, 5.74) is 0.770. The van der Waals surface area contributed by atoms with Crippen LogP contribution in [0.5, 0.6) is 0 Å². The highest BCUT2D eigenvalue weighted by atomic mass is 16.5. The summed E-state index contributed by atoms with van der Waals surface area (Å²) in [4.78, 5) is 35.6. The van der Waals surface area contributed by atoms with E-state index in [1.807, 2.05) is 6.92 Å². The maximum absolute atomic E-state index is 11.9. The zero-order chi connectivity index (χ0) is 17.2. The predicted octanol–water partition coefficient (Wildman–Crippen LogP) is 3.17. The first-order valence-electron chi connectivity index (χ1n) is 7.80. The quantitative estimate of drug-likeness (QED) is 0.744. The van der Waals surface area contributed by atoms with Crippen LogP contribution >= 0.6 is 0 Å². The molecule has 0 bridgehead atoms. The number of rotatable bonds is 8. The third kappa shape index (κ3) is 6.10. The number of ether oxygens (including phenoxy) is 2. The van der Waals surface area contributed by atoms with Gasteiger partial charge < -0.3 is 14.8 Å². The first-order chi connectivity index (χ1) is 11.0. The molecule has 23 heavy (non-hydrogen) atoms. The second kappa shape index (κ2) is 9.61. The van der Waals surface area contributed by atoms with E-state index in [9.17, 15) is 14.4 Å². The minimum atomic E-state index is -0.553. The molecule has 0 saturated heterocycles. The third-order valence-corrected chi connectivity index (χ3v) is 3.00. The molecule has 6 heteroatoms.